The van der Waals surface area contributed by atoms with Crippen molar-refractivity contribution >= 4 is 33.2 Å². The third kappa shape index (κ3) is 6.09. The number of carbonyl (C=O) groups is 2. The van der Waals surface area contributed by atoms with Gasteiger partial charge in [-0.25, -0.2) is 13.1 Å². The second-order valence-corrected chi connectivity index (χ2v) is 8.67. The van der Waals surface area contributed by atoms with E-state index in [9.17, 15) is 28.1 Å². The number of anilines is 1. The number of sulfonamides is 1. The summed E-state index contributed by atoms with van der Waals surface area (Å²) in [6.07, 6.45) is 0.326. The molecule has 0 aliphatic rings. The minimum atomic E-state index is -4.18. The lowest BCUT2D eigenvalue weighted by Crippen LogP contribution is -2.43. The van der Waals surface area contributed by atoms with Gasteiger partial charge in [-0.15, -0.1) is 0 Å². The highest BCUT2D eigenvalue weighted by molar-refractivity contribution is 7.90. The molecule has 0 aromatic heterocycles. The van der Waals surface area contributed by atoms with Crippen LogP contribution in [-0.2, 0) is 14.8 Å². The quantitative estimate of drug-likeness (QED) is 0.423. The van der Waals surface area contributed by atoms with E-state index in [2.05, 4.69) is 5.32 Å². The molecule has 30 heavy (non-hydrogen) atoms. The van der Waals surface area contributed by atoms with Crippen molar-refractivity contribution in [2.24, 2.45) is 11.7 Å². The monoisotopic (exact) mass is 434 g/mol. The molecular weight excluding hydrogens is 412 g/mol. The Kier molecular flexibility index (Phi) is 7.24. The molecule has 0 aliphatic carbocycles. The van der Waals surface area contributed by atoms with E-state index in [1.165, 1.54) is 48.5 Å². The van der Waals surface area contributed by atoms with Crippen LogP contribution in [0, 0.1) is 16.0 Å². The number of hydrogen-bond donors (Lipinski definition) is 3. The second kappa shape index (κ2) is 9.46. The van der Waals surface area contributed by atoms with Crippen molar-refractivity contribution in [2.75, 3.05) is 5.32 Å². The Hall–Kier alpha value is -3.31. The van der Waals surface area contributed by atoms with Crippen molar-refractivity contribution in [3.63, 3.8) is 0 Å². The van der Waals surface area contributed by atoms with Gasteiger partial charge in [0, 0.05) is 23.4 Å². The van der Waals surface area contributed by atoms with Crippen LogP contribution in [0.3, 0.4) is 0 Å². The van der Waals surface area contributed by atoms with E-state index >= 15 is 0 Å². The van der Waals surface area contributed by atoms with E-state index in [0.717, 1.165) is 0 Å². The van der Waals surface area contributed by atoms with Gasteiger partial charge >= 0.3 is 0 Å². The van der Waals surface area contributed by atoms with Gasteiger partial charge in [-0.3, -0.25) is 19.7 Å². The van der Waals surface area contributed by atoms with Crippen LogP contribution in [0.4, 0.5) is 11.4 Å². The van der Waals surface area contributed by atoms with Crippen LogP contribution in [0.5, 0.6) is 0 Å². The van der Waals surface area contributed by atoms with Gasteiger partial charge in [0.2, 0.25) is 0 Å². The highest BCUT2D eigenvalue weighted by atomic mass is 32.2. The fraction of sp³-hybridized carbons (Fsp3) is 0.263. The Labute approximate surface area is 173 Å². The summed E-state index contributed by atoms with van der Waals surface area (Å²) in [6, 6.07) is 9.29. The summed E-state index contributed by atoms with van der Waals surface area (Å²) in [6.45, 7) is 3.72. The molecule has 4 N–H and O–H groups in total. The number of non-ortho nitro benzene ring substituents is 1. The number of amides is 2. The maximum Gasteiger partial charge on any atom is 0.269 e. The molecule has 2 amide bonds. The van der Waals surface area contributed by atoms with Gasteiger partial charge in [0.25, 0.3) is 27.5 Å². The zero-order chi connectivity index (χ0) is 22.5. The Morgan fingerprint density at radius 1 is 1.13 bits per heavy atom. The predicted molar refractivity (Wildman–Crippen MR) is 110 cm³/mol. The van der Waals surface area contributed by atoms with Crippen molar-refractivity contribution < 1.29 is 22.9 Å². The molecule has 0 heterocycles. The van der Waals surface area contributed by atoms with Crippen LogP contribution in [-0.4, -0.2) is 31.2 Å². The average molecular weight is 434 g/mol. The summed E-state index contributed by atoms with van der Waals surface area (Å²) in [5.41, 5.74) is 5.88. The van der Waals surface area contributed by atoms with Gasteiger partial charge in [-0.1, -0.05) is 19.9 Å². The minimum Gasteiger partial charge on any atom is -0.322 e. The van der Waals surface area contributed by atoms with Crippen LogP contribution in [0.25, 0.3) is 0 Å². The van der Waals surface area contributed by atoms with Crippen LogP contribution in [0.2, 0.25) is 0 Å². The van der Waals surface area contributed by atoms with E-state index in [0.29, 0.717) is 6.42 Å². The number of nitrogens with two attached hydrogens (primary N) is 1. The van der Waals surface area contributed by atoms with Crippen molar-refractivity contribution in [3.8, 4) is 0 Å². The third-order valence-corrected chi connectivity index (χ3v) is 5.38. The summed E-state index contributed by atoms with van der Waals surface area (Å²) in [5.74, 6) is -1.28. The molecule has 11 heteroatoms. The third-order valence-electron chi connectivity index (χ3n) is 4.04. The number of nitrogens with zero attached hydrogens (tertiary/aromatic N) is 1. The molecule has 0 radical (unpaired) electrons. The van der Waals surface area contributed by atoms with Crippen molar-refractivity contribution in [1.29, 1.82) is 0 Å². The largest absolute Gasteiger partial charge is 0.322 e. The van der Waals surface area contributed by atoms with Gasteiger partial charge in [0.1, 0.15) is 0 Å². The first-order chi connectivity index (χ1) is 14.0. The highest BCUT2D eigenvalue weighted by Gasteiger charge is 2.23. The molecule has 0 aliphatic heterocycles. The first-order valence-corrected chi connectivity index (χ1v) is 10.5. The molecule has 2 aromatic rings. The zero-order valence-corrected chi connectivity index (χ0v) is 17.2. The van der Waals surface area contributed by atoms with Crippen LogP contribution >= 0.6 is 0 Å². The molecule has 160 valence electrons. The normalized spacial score (nSPS) is 12.3. The fourth-order valence-electron chi connectivity index (χ4n) is 2.56. The SMILES string of the molecule is CC(C)C[C@H](N)C(=O)NS(=O)(=O)c1cccc(NC(=O)c2ccc([N+](=O)[O-])cc2)c1. The van der Waals surface area contributed by atoms with Crippen molar-refractivity contribution in [2.45, 2.75) is 31.2 Å². The number of nitrogens with one attached hydrogen (secondary N) is 2. The average Bonchev–Trinajstić information content (AvgIpc) is 2.67. The number of hydrogen-bond acceptors (Lipinski definition) is 7. The van der Waals surface area contributed by atoms with Gasteiger partial charge < -0.3 is 11.1 Å². The van der Waals surface area contributed by atoms with Gasteiger partial charge in [-0.05, 0) is 42.7 Å². The van der Waals surface area contributed by atoms with Crippen LogP contribution in [0.15, 0.2) is 53.4 Å². The minimum absolute atomic E-state index is 0.117. The van der Waals surface area contributed by atoms with Gasteiger partial charge in [0.15, 0.2) is 0 Å². The maximum absolute atomic E-state index is 12.5. The number of nitro benzene ring substituents is 1. The molecule has 0 saturated heterocycles. The number of rotatable bonds is 8. The van der Waals surface area contributed by atoms with E-state index in [4.69, 9.17) is 5.73 Å². The molecule has 1 atom stereocenters. The molecule has 0 fully saturated rings. The lowest BCUT2D eigenvalue weighted by molar-refractivity contribution is -0.384. The Bertz CT molecular complexity index is 1050. The first kappa shape index (κ1) is 23.0. The Balaban J connectivity index is 2.13. The van der Waals surface area contributed by atoms with E-state index in [1.807, 2.05) is 18.6 Å². The van der Waals surface area contributed by atoms with E-state index < -0.39 is 32.8 Å². The molecule has 2 rings (SSSR count). The Morgan fingerprint density at radius 2 is 1.77 bits per heavy atom. The zero-order valence-electron chi connectivity index (χ0n) is 16.4. The molecule has 2 aromatic carbocycles. The standard InChI is InChI=1S/C19H22N4O6S/c1-12(2)10-17(20)19(25)22-30(28,29)16-5-3-4-14(11-16)21-18(24)13-6-8-15(9-7-13)23(26)27/h3-9,11-12,17H,10,20H2,1-2H3,(H,21,24)(H,22,25)/t17-/m0/s1. The molecule has 0 bridgehead atoms. The summed E-state index contributed by atoms with van der Waals surface area (Å²) in [4.78, 5) is 34.2. The van der Waals surface area contributed by atoms with E-state index in [-0.39, 0.29) is 27.8 Å². The second-order valence-electron chi connectivity index (χ2n) is 6.99. The molecule has 10 nitrogen and oxygen atoms in total. The molecular formula is C19H22N4O6S. The summed E-state index contributed by atoms with van der Waals surface area (Å²) in [7, 11) is -4.18. The number of nitro groups is 1. The smallest absolute Gasteiger partial charge is 0.269 e. The number of carbonyl (C=O) groups excluding carboxylic acids is 2. The molecule has 0 unspecified atom stereocenters. The molecule has 0 saturated carbocycles. The fourth-order valence-corrected chi connectivity index (χ4v) is 3.63. The topological polar surface area (TPSA) is 162 Å². The molecule has 0 spiro atoms. The Morgan fingerprint density at radius 3 is 2.33 bits per heavy atom. The van der Waals surface area contributed by atoms with E-state index in [1.54, 1.807) is 0 Å². The lowest BCUT2D eigenvalue weighted by atomic mass is 10.0. The predicted octanol–water partition coefficient (Wildman–Crippen LogP) is 2.03. The highest BCUT2D eigenvalue weighted by Crippen LogP contribution is 2.18. The first-order valence-electron chi connectivity index (χ1n) is 8.97. The van der Waals surface area contributed by atoms with Gasteiger partial charge in [0.05, 0.1) is 15.9 Å². The summed E-state index contributed by atoms with van der Waals surface area (Å²) < 4.78 is 26.9. The van der Waals surface area contributed by atoms with Crippen LogP contribution in [0.1, 0.15) is 30.6 Å². The van der Waals surface area contributed by atoms with Crippen molar-refractivity contribution in [3.05, 3.63) is 64.2 Å². The summed E-state index contributed by atoms with van der Waals surface area (Å²) in [5, 5.41) is 13.2. The summed E-state index contributed by atoms with van der Waals surface area (Å²) >= 11 is 0. The lowest BCUT2D eigenvalue weighted by Gasteiger charge is -2.15. The van der Waals surface area contributed by atoms with Crippen molar-refractivity contribution in [1.82, 2.24) is 4.72 Å². The van der Waals surface area contributed by atoms with Crippen LogP contribution < -0.4 is 15.8 Å². The maximum atomic E-state index is 12.5. The van der Waals surface area contributed by atoms with Gasteiger partial charge in [-0.2, -0.15) is 0 Å². The number of benzene rings is 2.